The van der Waals surface area contributed by atoms with Gasteiger partial charge in [0, 0.05) is 6.07 Å². The lowest BCUT2D eigenvalue weighted by molar-refractivity contribution is 0.242. The number of fused-ring (bicyclic) bond motifs is 1. The number of aromatic nitrogens is 2. The Kier molecular flexibility index (Phi) is 2.60. The molecule has 4 nitrogen and oxygen atoms in total. The van der Waals surface area contributed by atoms with Crippen LogP contribution in [-0.2, 0) is 6.54 Å². The van der Waals surface area contributed by atoms with Gasteiger partial charge >= 0.3 is 0 Å². The lowest BCUT2D eigenvalue weighted by atomic mass is 10.3. The largest absolute Gasteiger partial charge is 0.491 e. The van der Waals surface area contributed by atoms with Crippen LogP contribution in [0.25, 0.3) is 11.0 Å². The van der Waals surface area contributed by atoms with Crippen LogP contribution in [0.2, 0.25) is 0 Å². The van der Waals surface area contributed by atoms with E-state index in [1.807, 2.05) is 32.0 Å². The van der Waals surface area contributed by atoms with Gasteiger partial charge in [-0.1, -0.05) is 0 Å². The quantitative estimate of drug-likeness (QED) is 0.803. The number of H-pyrrole nitrogens is 1. The number of nitrogens with two attached hydrogens (primary N) is 1. The molecule has 0 saturated carbocycles. The molecule has 0 aliphatic rings. The van der Waals surface area contributed by atoms with Crippen molar-refractivity contribution in [1.29, 1.82) is 0 Å². The molecular weight excluding hydrogens is 190 g/mol. The number of nitrogens with zero attached hydrogens (tertiary/aromatic N) is 1. The zero-order valence-electron chi connectivity index (χ0n) is 8.95. The molecule has 0 spiro atoms. The van der Waals surface area contributed by atoms with Crippen LogP contribution in [-0.4, -0.2) is 16.1 Å². The Hall–Kier alpha value is -1.55. The van der Waals surface area contributed by atoms with Gasteiger partial charge in [0.25, 0.3) is 0 Å². The third kappa shape index (κ3) is 2.10. The second kappa shape index (κ2) is 3.90. The zero-order chi connectivity index (χ0) is 10.8. The highest BCUT2D eigenvalue weighted by Gasteiger charge is 2.03. The zero-order valence-corrected chi connectivity index (χ0v) is 8.95. The Morgan fingerprint density at radius 1 is 1.47 bits per heavy atom. The SMILES string of the molecule is CC(C)Oc1ccc2nc(CN)[nH]c2c1. The highest BCUT2D eigenvalue weighted by molar-refractivity contribution is 5.76. The molecule has 0 atom stereocenters. The smallest absolute Gasteiger partial charge is 0.121 e. The summed E-state index contributed by atoms with van der Waals surface area (Å²) in [6.07, 6.45) is 0.180. The number of rotatable bonds is 3. The summed E-state index contributed by atoms with van der Waals surface area (Å²) >= 11 is 0. The second-order valence-electron chi connectivity index (χ2n) is 3.73. The molecular formula is C11H15N3O. The maximum atomic E-state index is 5.59. The van der Waals surface area contributed by atoms with Crippen molar-refractivity contribution in [2.45, 2.75) is 26.5 Å². The molecule has 0 amide bonds. The van der Waals surface area contributed by atoms with Crippen LogP contribution in [0.4, 0.5) is 0 Å². The van der Waals surface area contributed by atoms with Crippen LogP contribution in [0, 0.1) is 0 Å². The number of benzene rings is 1. The van der Waals surface area contributed by atoms with E-state index in [0.29, 0.717) is 6.54 Å². The van der Waals surface area contributed by atoms with Gasteiger partial charge < -0.3 is 15.5 Å². The first-order chi connectivity index (χ1) is 7.19. The van der Waals surface area contributed by atoms with Crippen molar-refractivity contribution < 1.29 is 4.74 Å². The van der Waals surface area contributed by atoms with Crippen molar-refractivity contribution in [3.05, 3.63) is 24.0 Å². The third-order valence-electron chi connectivity index (χ3n) is 2.07. The highest BCUT2D eigenvalue weighted by atomic mass is 16.5. The van der Waals surface area contributed by atoms with E-state index >= 15 is 0 Å². The van der Waals surface area contributed by atoms with Crippen molar-refractivity contribution in [1.82, 2.24) is 9.97 Å². The van der Waals surface area contributed by atoms with Crippen molar-refractivity contribution >= 4 is 11.0 Å². The van der Waals surface area contributed by atoms with Crippen molar-refractivity contribution in [3.8, 4) is 5.75 Å². The van der Waals surface area contributed by atoms with Gasteiger partial charge in [-0.2, -0.15) is 0 Å². The monoisotopic (exact) mass is 205 g/mol. The lowest BCUT2D eigenvalue weighted by Crippen LogP contribution is -2.05. The Labute approximate surface area is 88.5 Å². The number of ether oxygens (including phenoxy) is 1. The van der Waals surface area contributed by atoms with E-state index in [9.17, 15) is 0 Å². The molecule has 1 aromatic carbocycles. The van der Waals surface area contributed by atoms with Gasteiger partial charge in [0.05, 0.1) is 23.7 Å². The van der Waals surface area contributed by atoms with Gasteiger partial charge in [-0.05, 0) is 26.0 Å². The molecule has 1 aromatic heterocycles. The Morgan fingerprint density at radius 3 is 2.93 bits per heavy atom. The first-order valence-corrected chi connectivity index (χ1v) is 5.04. The molecule has 0 aliphatic heterocycles. The van der Waals surface area contributed by atoms with Crippen LogP contribution in [0.5, 0.6) is 5.75 Å². The van der Waals surface area contributed by atoms with Crippen molar-refractivity contribution in [3.63, 3.8) is 0 Å². The van der Waals surface area contributed by atoms with E-state index in [1.165, 1.54) is 0 Å². The number of aromatic amines is 1. The predicted octanol–water partition coefficient (Wildman–Crippen LogP) is 1.81. The molecule has 0 aliphatic carbocycles. The van der Waals surface area contributed by atoms with Gasteiger partial charge in [0.2, 0.25) is 0 Å². The average Bonchev–Trinajstić information content (AvgIpc) is 2.58. The van der Waals surface area contributed by atoms with E-state index in [-0.39, 0.29) is 6.10 Å². The van der Waals surface area contributed by atoms with Gasteiger partial charge in [-0.3, -0.25) is 0 Å². The molecule has 0 unspecified atom stereocenters. The van der Waals surface area contributed by atoms with E-state index in [2.05, 4.69) is 9.97 Å². The molecule has 0 bridgehead atoms. The van der Waals surface area contributed by atoms with E-state index < -0.39 is 0 Å². The summed E-state index contributed by atoms with van der Waals surface area (Å²) in [5.74, 6) is 1.65. The lowest BCUT2D eigenvalue weighted by Gasteiger charge is -2.08. The Morgan fingerprint density at radius 2 is 2.27 bits per heavy atom. The highest BCUT2D eigenvalue weighted by Crippen LogP contribution is 2.19. The summed E-state index contributed by atoms with van der Waals surface area (Å²) in [6.45, 7) is 4.43. The topological polar surface area (TPSA) is 63.9 Å². The standard InChI is InChI=1S/C11H15N3O/c1-7(2)15-8-3-4-9-10(5-8)14-11(6-12)13-9/h3-5,7H,6,12H2,1-2H3,(H,13,14). The van der Waals surface area contributed by atoms with Gasteiger partial charge in [0.1, 0.15) is 11.6 Å². The van der Waals surface area contributed by atoms with Crippen molar-refractivity contribution in [2.24, 2.45) is 5.73 Å². The molecule has 15 heavy (non-hydrogen) atoms. The van der Waals surface area contributed by atoms with Gasteiger partial charge in [-0.25, -0.2) is 4.98 Å². The molecule has 2 rings (SSSR count). The van der Waals surface area contributed by atoms with Gasteiger partial charge in [0.15, 0.2) is 0 Å². The number of hydrogen-bond donors (Lipinski definition) is 2. The molecule has 3 N–H and O–H groups in total. The Bertz CT molecular complexity index is 462. The number of imidazole rings is 1. The summed E-state index contributed by atoms with van der Waals surface area (Å²) in [6, 6.07) is 5.80. The average molecular weight is 205 g/mol. The maximum Gasteiger partial charge on any atom is 0.121 e. The minimum atomic E-state index is 0.180. The molecule has 0 fully saturated rings. The molecule has 1 heterocycles. The fraction of sp³-hybridized carbons (Fsp3) is 0.364. The first-order valence-electron chi connectivity index (χ1n) is 5.04. The van der Waals surface area contributed by atoms with E-state index in [1.54, 1.807) is 0 Å². The van der Waals surface area contributed by atoms with Crippen LogP contribution >= 0.6 is 0 Å². The molecule has 80 valence electrons. The van der Waals surface area contributed by atoms with E-state index in [4.69, 9.17) is 10.5 Å². The van der Waals surface area contributed by atoms with Crippen LogP contribution in [0.15, 0.2) is 18.2 Å². The summed E-state index contributed by atoms with van der Waals surface area (Å²) < 4.78 is 5.59. The number of nitrogens with one attached hydrogen (secondary N) is 1. The molecule has 4 heteroatoms. The van der Waals surface area contributed by atoms with Crippen molar-refractivity contribution in [2.75, 3.05) is 0 Å². The molecule has 2 aromatic rings. The summed E-state index contributed by atoms with van der Waals surface area (Å²) in [5.41, 5.74) is 7.40. The predicted molar refractivity (Wildman–Crippen MR) is 59.7 cm³/mol. The van der Waals surface area contributed by atoms with Crippen LogP contribution in [0.3, 0.4) is 0 Å². The minimum Gasteiger partial charge on any atom is -0.491 e. The summed E-state index contributed by atoms with van der Waals surface area (Å²) in [5, 5.41) is 0. The third-order valence-corrected chi connectivity index (χ3v) is 2.07. The molecule has 0 radical (unpaired) electrons. The fourth-order valence-corrected chi connectivity index (χ4v) is 1.48. The second-order valence-corrected chi connectivity index (χ2v) is 3.73. The first kappa shape index (κ1) is 9.98. The van der Waals surface area contributed by atoms with Crippen LogP contribution < -0.4 is 10.5 Å². The maximum absolute atomic E-state index is 5.59. The fourth-order valence-electron chi connectivity index (χ4n) is 1.48. The van der Waals surface area contributed by atoms with Crippen LogP contribution in [0.1, 0.15) is 19.7 Å². The normalized spacial score (nSPS) is 11.2. The summed E-state index contributed by atoms with van der Waals surface area (Å²) in [7, 11) is 0. The van der Waals surface area contributed by atoms with Gasteiger partial charge in [-0.15, -0.1) is 0 Å². The Balaban J connectivity index is 2.37. The molecule has 0 saturated heterocycles. The number of hydrogen-bond acceptors (Lipinski definition) is 3. The van der Waals surface area contributed by atoms with E-state index in [0.717, 1.165) is 22.6 Å². The minimum absolute atomic E-state index is 0.180. The summed E-state index contributed by atoms with van der Waals surface area (Å²) in [4.78, 5) is 7.46.